The fourth-order valence-electron chi connectivity index (χ4n) is 3.21. The molecule has 0 aliphatic carbocycles. The van der Waals surface area contributed by atoms with Gasteiger partial charge in [0.05, 0.1) is 11.4 Å². The molecule has 8 nitrogen and oxygen atoms in total. The summed E-state index contributed by atoms with van der Waals surface area (Å²) in [5, 5.41) is 0.303. The molecule has 0 unspecified atom stereocenters. The average molecular weight is 454 g/mol. The van der Waals surface area contributed by atoms with Crippen LogP contribution in [-0.4, -0.2) is 49.5 Å². The summed E-state index contributed by atoms with van der Waals surface area (Å²) < 4.78 is 34.4. The SMILES string of the molecule is Cc1cc(OC2CCN(C(=O)CNS(=O)(=O)c3cccc(Cl)c3)CC2)cc(=O)n1C. The van der Waals surface area contributed by atoms with Crippen molar-refractivity contribution >= 4 is 27.5 Å². The molecule has 3 rings (SSSR count). The van der Waals surface area contributed by atoms with Gasteiger partial charge in [-0.2, -0.15) is 0 Å². The molecule has 1 aromatic carbocycles. The molecule has 162 valence electrons. The molecule has 1 amide bonds. The largest absolute Gasteiger partial charge is 0.490 e. The number of halogens is 1. The number of carbonyl (C=O) groups is 1. The fraction of sp³-hybridized carbons (Fsp3) is 0.400. The zero-order chi connectivity index (χ0) is 21.9. The predicted octanol–water partition coefficient (Wildman–Crippen LogP) is 1.70. The maximum absolute atomic E-state index is 12.4. The number of likely N-dealkylation sites (tertiary alicyclic amines) is 1. The monoisotopic (exact) mass is 453 g/mol. The Hall–Kier alpha value is -2.36. The van der Waals surface area contributed by atoms with Gasteiger partial charge in [0.25, 0.3) is 5.56 Å². The van der Waals surface area contributed by atoms with Gasteiger partial charge in [0.15, 0.2) is 0 Å². The van der Waals surface area contributed by atoms with E-state index in [4.69, 9.17) is 16.3 Å². The van der Waals surface area contributed by atoms with Crippen LogP contribution in [-0.2, 0) is 21.9 Å². The van der Waals surface area contributed by atoms with Crippen LogP contribution >= 0.6 is 11.6 Å². The number of amides is 1. The zero-order valence-electron chi connectivity index (χ0n) is 16.8. The van der Waals surface area contributed by atoms with Crippen molar-refractivity contribution in [2.45, 2.75) is 30.8 Å². The lowest BCUT2D eigenvalue weighted by molar-refractivity contribution is -0.131. The van der Waals surface area contributed by atoms with Gasteiger partial charge in [-0.1, -0.05) is 17.7 Å². The summed E-state index contributed by atoms with van der Waals surface area (Å²) in [6.45, 7) is 2.41. The van der Waals surface area contributed by atoms with E-state index in [-0.39, 0.29) is 29.0 Å². The van der Waals surface area contributed by atoms with E-state index < -0.39 is 10.0 Å². The van der Waals surface area contributed by atoms with E-state index in [9.17, 15) is 18.0 Å². The number of nitrogens with zero attached hydrogens (tertiary/aromatic N) is 2. The molecule has 1 aromatic heterocycles. The third-order valence-electron chi connectivity index (χ3n) is 5.09. The molecular formula is C20H24ClN3O5S. The smallest absolute Gasteiger partial charge is 0.254 e. The molecular weight excluding hydrogens is 430 g/mol. The first kappa shape index (κ1) is 22.3. The van der Waals surface area contributed by atoms with Crippen LogP contribution in [0, 0.1) is 6.92 Å². The van der Waals surface area contributed by atoms with Crippen molar-refractivity contribution < 1.29 is 17.9 Å². The molecule has 0 atom stereocenters. The van der Waals surface area contributed by atoms with Crippen LogP contribution in [0.3, 0.4) is 0 Å². The second-order valence-corrected chi connectivity index (χ2v) is 9.41. The Morgan fingerprint density at radius 3 is 2.57 bits per heavy atom. The summed E-state index contributed by atoms with van der Waals surface area (Å²) in [5.41, 5.74) is 0.668. The number of hydrogen-bond acceptors (Lipinski definition) is 5. The van der Waals surface area contributed by atoms with Crippen molar-refractivity contribution in [3.63, 3.8) is 0 Å². The topological polar surface area (TPSA) is 97.7 Å². The van der Waals surface area contributed by atoms with Crippen molar-refractivity contribution in [3.8, 4) is 5.75 Å². The van der Waals surface area contributed by atoms with Crippen LogP contribution in [0.2, 0.25) is 5.02 Å². The van der Waals surface area contributed by atoms with E-state index >= 15 is 0 Å². The van der Waals surface area contributed by atoms with Crippen LogP contribution in [0.1, 0.15) is 18.5 Å². The van der Waals surface area contributed by atoms with Crippen molar-refractivity contribution in [2.75, 3.05) is 19.6 Å². The highest BCUT2D eigenvalue weighted by Gasteiger charge is 2.25. The van der Waals surface area contributed by atoms with Crippen molar-refractivity contribution in [1.82, 2.24) is 14.2 Å². The summed E-state index contributed by atoms with van der Waals surface area (Å²) in [7, 11) is -2.12. The highest BCUT2D eigenvalue weighted by atomic mass is 35.5. The van der Waals surface area contributed by atoms with Gasteiger partial charge in [0.2, 0.25) is 15.9 Å². The van der Waals surface area contributed by atoms with Crippen molar-refractivity contribution in [2.24, 2.45) is 7.05 Å². The average Bonchev–Trinajstić information content (AvgIpc) is 2.71. The maximum atomic E-state index is 12.4. The number of aromatic nitrogens is 1. The van der Waals surface area contributed by atoms with Crippen LogP contribution in [0.4, 0.5) is 0 Å². The molecule has 1 aliphatic rings. The number of aryl methyl sites for hydroxylation is 1. The van der Waals surface area contributed by atoms with E-state index in [0.29, 0.717) is 36.7 Å². The number of hydrogen-bond donors (Lipinski definition) is 1. The van der Waals surface area contributed by atoms with Crippen molar-refractivity contribution in [1.29, 1.82) is 0 Å². The van der Waals surface area contributed by atoms with Gasteiger partial charge in [0, 0.05) is 49.8 Å². The molecule has 2 aromatic rings. The van der Waals surface area contributed by atoms with E-state index in [1.54, 1.807) is 22.6 Å². The first-order chi connectivity index (χ1) is 14.2. The van der Waals surface area contributed by atoms with E-state index in [2.05, 4.69) is 4.72 Å². The second kappa shape index (κ2) is 9.20. The summed E-state index contributed by atoms with van der Waals surface area (Å²) in [4.78, 5) is 25.9. The van der Waals surface area contributed by atoms with Gasteiger partial charge in [0.1, 0.15) is 11.9 Å². The maximum Gasteiger partial charge on any atom is 0.254 e. The molecule has 0 bridgehead atoms. The number of benzene rings is 1. The Labute approximate surface area is 180 Å². The Kier molecular flexibility index (Phi) is 6.84. The second-order valence-electron chi connectivity index (χ2n) is 7.21. The third-order valence-corrected chi connectivity index (χ3v) is 6.73. The highest BCUT2D eigenvalue weighted by molar-refractivity contribution is 7.89. The number of nitrogens with one attached hydrogen (secondary N) is 1. The molecule has 1 fully saturated rings. The number of ether oxygens (including phenoxy) is 1. The van der Waals surface area contributed by atoms with Crippen LogP contribution in [0.5, 0.6) is 5.75 Å². The number of pyridine rings is 1. The quantitative estimate of drug-likeness (QED) is 0.717. The Balaban J connectivity index is 1.51. The minimum atomic E-state index is -3.82. The third kappa shape index (κ3) is 5.41. The van der Waals surface area contributed by atoms with Crippen LogP contribution in [0.25, 0.3) is 0 Å². The number of sulfonamides is 1. The number of piperidine rings is 1. The lowest BCUT2D eigenvalue weighted by atomic mass is 10.1. The predicted molar refractivity (Wildman–Crippen MR) is 113 cm³/mol. The Morgan fingerprint density at radius 1 is 1.23 bits per heavy atom. The van der Waals surface area contributed by atoms with Crippen LogP contribution in [0.15, 0.2) is 46.1 Å². The van der Waals surface area contributed by atoms with Crippen LogP contribution < -0.4 is 15.0 Å². The van der Waals surface area contributed by atoms with Gasteiger partial charge in [-0.15, -0.1) is 0 Å². The lowest BCUT2D eigenvalue weighted by Gasteiger charge is -2.32. The Morgan fingerprint density at radius 2 is 1.93 bits per heavy atom. The fourth-order valence-corrected chi connectivity index (χ4v) is 4.48. The Bertz CT molecular complexity index is 1090. The standard InChI is InChI=1S/C20H24ClN3O5S/c1-14-10-17(12-19(25)23(14)2)29-16-6-8-24(9-7-16)20(26)13-22-30(27,28)18-5-3-4-15(21)11-18/h3-5,10-12,16,22H,6-9,13H2,1-2H3. The summed E-state index contributed by atoms with van der Waals surface area (Å²) in [6, 6.07) is 9.12. The minimum absolute atomic E-state index is 0.0132. The summed E-state index contributed by atoms with van der Waals surface area (Å²) >= 11 is 5.83. The summed E-state index contributed by atoms with van der Waals surface area (Å²) in [5.74, 6) is 0.220. The van der Waals surface area contributed by atoms with Gasteiger partial charge < -0.3 is 14.2 Å². The van der Waals surface area contributed by atoms with Gasteiger partial charge in [-0.25, -0.2) is 13.1 Å². The zero-order valence-corrected chi connectivity index (χ0v) is 18.4. The van der Waals surface area contributed by atoms with E-state index in [1.807, 2.05) is 13.0 Å². The van der Waals surface area contributed by atoms with Gasteiger partial charge >= 0.3 is 0 Å². The van der Waals surface area contributed by atoms with E-state index in [1.165, 1.54) is 24.3 Å². The molecule has 1 aliphatic heterocycles. The minimum Gasteiger partial charge on any atom is -0.490 e. The summed E-state index contributed by atoms with van der Waals surface area (Å²) in [6.07, 6.45) is 1.09. The highest BCUT2D eigenvalue weighted by Crippen LogP contribution is 2.19. The first-order valence-electron chi connectivity index (χ1n) is 9.53. The first-order valence-corrected chi connectivity index (χ1v) is 11.4. The molecule has 2 heterocycles. The normalized spacial score (nSPS) is 15.2. The molecule has 10 heteroatoms. The van der Waals surface area contributed by atoms with Gasteiger partial charge in [-0.05, 0) is 31.2 Å². The molecule has 30 heavy (non-hydrogen) atoms. The number of carbonyl (C=O) groups excluding carboxylic acids is 1. The lowest BCUT2D eigenvalue weighted by Crippen LogP contribution is -2.46. The molecule has 0 saturated carbocycles. The van der Waals surface area contributed by atoms with Crippen molar-refractivity contribution in [3.05, 3.63) is 57.5 Å². The van der Waals surface area contributed by atoms with Gasteiger partial charge in [-0.3, -0.25) is 9.59 Å². The molecule has 0 radical (unpaired) electrons. The molecule has 1 N–H and O–H groups in total. The molecule has 0 spiro atoms. The van der Waals surface area contributed by atoms with E-state index in [0.717, 1.165) is 5.69 Å². The molecule has 1 saturated heterocycles. The number of rotatable bonds is 6.